The largest absolute Gasteiger partial charge is 0.336 e. The molecule has 0 N–H and O–H groups in total. The number of carbonyl (C=O) groups is 1. The van der Waals surface area contributed by atoms with Crippen LogP contribution in [0.3, 0.4) is 0 Å². The molecule has 4 rings (SSSR count). The van der Waals surface area contributed by atoms with E-state index >= 15 is 0 Å². The monoisotopic (exact) mass is 358 g/mol. The van der Waals surface area contributed by atoms with Crippen molar-refractivity contribution in [2.75, 3.05) is 7.05 Å². The van der Waals surface area contributed by atoms with Crippen LogP contribution in [0.25, 0.3) is 11.4 Å². The summed E-state index contributed by atoms with van der Waals surface area (Å²) in [6.45, 7) is 0.360. The first-order valence-electron chi connectivity index (χ1n) is 8.53. The molecule has 0 aliphatic heterocycles. The lowest BCUT2D eigenvalue weighted by Gasteiger charge is -2.17. The van der Waals surface area contributed by atoms with Crippen LogP contribution in [0.2, 0.25) is 0 Å². The van der Waals surface area contributed by atoms with E-state index in [-0.39, 0.29) is 5.91 Å². The van der Waals surface area contributed by atoms with E-state index < -0.39 is 0 Å². The molecule has 7 heteroatoms. The molecule has 4 aromatic rings. The first-order valence-corrected chi connectivity index (χ1v) is 8.53. The van der Waals surface area contributed by atoms with Gasteiger partial charge in [-0.1, -0.05) is 30.3 Å². The molecular weight excluding hydrogens is 340 g/mol. The maximum Gasteiger partial charge on any atom is 0.256 e. The van der Waals surface area contributed by atoms with Gasteiger partial charge in [0.15, 0.2) is 0 Å². The summed E-state index contributed by atoms with van der Waals surface area (Å²) in [7, 11) is 1.75. The summed E-state index contributed by atoms with van der Waals surface area (Å²) in [6, 6.07) is 18.9. The first-order chi connectivity index (χ1) is 13.2. The van der Waals surface area contributed by atoms with Gasteiger partial charge in [-0.15, -0.1) is 0 Å². The lowest BCUT2D eigenvalue weighted by Crippen LogP contribution is -2.27. The molecule has 27 heavy (non-hydrogen) atoms. The van der Waals surface area contributed by atoms with E-state index in [9.17, 15) is 4.79 Å². The zero-order chi connectivity index (χ0) is 18.6. The van der Waals surface area contributed by atoms with Crippen LogP contribution in [0.1, 0.15) is 16.1 Å². The van der Waals surface area contributed by atoms with E-state index in [1.807, 2.05) is 60.8 Å². The van der Waals surface area contributed by atoms with Gasteiger partial charge in [-0.2, -0.15) is 20.1 Å². The van der Waals surface area contributed by atoms with Crippen molar-refractivity contribution in [3.05, 3.63) is 90.5 Å². The third-order valence-electron chi connectivity index (χ3n) is 4.16. The zero-order valence-electron chi connectivity index (χ0n) is 14.8. The van der Waals surface area contributed by atoms with Crippen LogP contribution < -0.4 is 0 Å². The molecule has 0 atom stereocenters. The van der Waals surface area contributed by atoms with Crippen molar-refractivity contribution >= 4 is 5.91 Å². The number of para-hydroxylation sites is 2. The number of aromatic nitrogens is 5. The van der Waals surface area contributed by atoms with Crippen molar-refractivity contribution in [2.24, 2.45) is 0 Å². The van der Waals surface area contributed by atoms with Crippen LogP contribution >= 0.6 is 0 Å². The Balaban J connectivity index is 1.54. The van der Waals surface area contributed by atoms with Crippen molar-refractivity contribution < 1.29 is 4.79 Å². The molecular formula is C20H18N6O. The summed E-state index contributed by atoms with van der Waals surface area (Å²) in [6.07, 6.45) is 5.18. The number of hydrogen-bond acceptors (Lipinski definition) is 4. The number of hydrogen-bond donors (Lipinski definition) is 0. The fourth-order valence-corrected chi connectivity index (χ4v) is 2.84. The average molecular weight is 358 g/mol. The van der Waals surface area contributed by atoms with Crippen molar-refractivity contribution in [2.45, 2.75) is 6.54 Å². The minimum atomic E-state index is -0.102. The van der Waals surface area contributed by atoms with Crippen molar-refractivity contribution in [3.63, 3.8) is 0 Å². The Morgan fingerprint density at radius 1 is 1.00 bits per heavy atom. The summed E-state index contributed by atoms with van der Waals surface area (Å²) in [5.74, 6) is -0.102. The van der Waals surface area contributed by atoms with Crippen molar-refractivity contribution in [1.29, 1.82) is 0 Å². The maximum atomic E-state index is 13.0. The van der Waals surface area contributed by atoms with Crippen LogP contribution in [0.5, 0.6) is 0 Å². The van der Waals surface area contributed by atoms with Gasteiger partial charge in [0.05, 0.1) is 29.7 Å². The van der Waals surface area contributed by atoms with Gasteiger partial charge in [0.1, 0.15) is 5.69 Å². The molecule has 0 bridgehead atoms. The van der Waals surface area contributed by atoms with E-state index in [1.54, 1.807) is 39.9 Å². The summed E-state index contributed by atoms with van der Waals surface area (Å²) in [4.78, 5) is 16.2. The molecule has 0 fully saturated rings. The Kier molecular flexibility index (Phi) is 4.49. The van der Waals surface area contributed by atoms with E-state index in [2.05, 4.69) is 15.3 Å². The number of nitrogens with zero attached hydrogens (tertiary/aromatic N) is 6. The fourth-order valence-electron chi connectivity index (χ4n) is 2.84. The predicted octanol–water partition coefficient (Wildman–Crippen LogP) is 2.73. The minimum Gasteiger partial charge on any atom is -0.336 e. The lowest BCUT2D eigenvalue weighted by atomic mass is 10.1. The van der Waals surface area contributed by atoms with E-state index in [1.165, 1.54) is 0 Å². The molecule has 0 unspecified atom stereocenters. The van der Waals surface area contributed by atoms with Gasteiger partial charge in [-0.25, -0.2) is 4.68 Å². The Bertz CT molecular complexity index is 1040. The van der Waals surface area contributed by atoms with Gasteiger partial charge < -0.3 is 4.90 Å². The lowest BCUT2D eigenvalue weighted by molar-refractivity contribution is 0.0783. The van der Waals surface area contributed by atoms with Crippen LogP contribution in [-0.4, -0.2) is 42.6 Å². The maximum absolute atomic E-state index is 13.0. The third-order valence-corrected chi connectivity index (χ3v) is 4.16. The van der Waals surface area contributed by atoms with E-state index in [0.717, 1.165) is 11.4 Å². The van der Waals surface area contributed by atoms with Crippen molar-refractivity contribution in [1.82, 2.24) is 29.7 Å². The molecule has 134 valence electrons. The highest BCUT2D eigenvalue weighted by Crippen LogP contribution is 2.16. The highest BCUT2D eigenvalue weighted by atomic mass is 16.2. The van der Waals surface area contributed by atoms with Gasteiger partial charge in [-0.05, 0) is 30.3 Å². The van der Waals surface area contributed by atoms with Gasteiger partial charge in [-0.3, -0.25) is 4.79 Å². The Morgan fingerprint density at radius 3 is 2.56 bits per heavy atom. The Hall–Kier alpha value is -3.74. The van der Waals surface area contributed by atoms with Crippen LogP contribution in [0.4, 0.5) is 0 Å². The van der Waals surface area contributed by atoms with Crippen LogP contribution in [0.15, 0.2) is 79.3 Å². The summed E-state index contributed by atoms with van der Waals surface area (Å²) in [5, 5.41) is 13.0. The second-order valence-electron chi connectivity index (χ2n) is 6.09. The van der Waals surface area contributed by atoms with Crippen LogP contribution in [-0.2, 0) is 6.54 Å². The molecule has 2 heterocycles. The zero-order valence-corrected chi connectivity index (χ0v) is 14.8. The average Bonchev–Trinajstić information content (AvgIpc) is 3.40. The second-order valence-corrected chi connectivity index (χ2v) is 6.09. The Labute approximate surface area is 156 Å². The van der Waals surface area contributed by atoms with Crippen molar-refractivity contribution in [3.8, 4) is 11.4 Å². The standard InChI is InChI=1S/C20H18N6O/c1-24(15-16-14-22-26(23-16)17-8-3-2-4-9-17)20(27)18-10-5-6-11-19(18)25-13-7-12-21-25/h2-14H,15H2,1H3. The molecule has 1 amide bonds. The van der Waals surface area contributed by atoms with E-state index in [0.29, 0.717) is 17.8 Å². The molecule has 7 nitrogen and oxygen atoms in total. The third kappa shape index (κ3) is 3.48. The SMILES string of the molecule is CN(Cc1cnn(-c2ccccc2)n1)C(=O)c1ccccc1-n1cccn1. The normalized spacial score (nSPS) is 10.7. The van der Waals surface area contributed by atoms with Crippen LogP contribution in [0, 0.1) is 0 Å². The second kappa shape index (κ2) is 7.25. The number of carbonyl (C=O) groups excluding carboxylic acids is 1. The fraction of sp³-hybridized carbons (Fsp3) is 0.100. The van der Waals surface area contributed by atoms with Gasteiger partial charge in [0.25, 0.3) is 5.91 Å². The van der Waals surface area contributed by atoms with Gasteiger partial charge in [0, 0.05) is 19.4 Å². The topological polar surface area (TPSA) is 68.8 Å². The molecule has 0 aliphatic carbocycles. The highest BCUT2D eigenvalue weighted by molar-refractivity contribution is 5.97. The molecule has 2 aromatic carbocycles. The number of benzene rings is 2. The summed E-state index contributed by atoms with van der Waals surface area (Å²) < 4.78 is 1.69. The number of amides is 1. The quantitative estimate of drug-likeness (QED) is 0.550. The first kappa shape index (κ1) is 16.7. The molecule has 0 saturated carbocycles. The summed E-state index contributed by atoms with van der Waals surface area (Å²) >= 11 is 0. The predicted molar refractivity (Wildman–Crippen MR) is 101 cm³/mol. The van der Waals surface area contributed by atoms with Gasteiger partial charge in [0.2, 0.25) is 0 Å². The molecule has 0 spiro atoms. The molecule has 0 radical (unpaired) electrons. The summed E-state index contributed by atoms with van der Waals surface area (Å²) in [5.41, 5.74) is 2.92. The smallest absolute Gasteiger partial charge is 0.256 e. The molecule has 0 saturated heterocycles. The highest BCUT2D eigenvalue weighted by Gasteiger charge is 2.18. The molecule has 2 aromatic heterocycles. The molecule has 0 aliphatic rings. The van der Waals surface area contributed by atoms with Gasteiger partial charge >= 0.3 is 0 Å². The number of rotatable bonds is 5. The minimum absolute atomic E-state index is 0.102. The Morgan fingerprint density at radius 2 is 1.78 bits per heavy atom. The van der Waals surface area contributed by atoms with E-state index in [4.69, 9.17) is 0 Å².